The molecule has 88 valence electrons. The van der Waals surface area contributed by atoms with Gasteiger partial charge >= 0.3 is 0 Å². The molecule has 2 nitrogen and oxygen atoms in total. The van der Waals surface area contributed by atoms with E-state index in [9.17, 15) is 5.11 Å². The molecule has 1 aromatic rings. The van der Waals surface area contributed by atoms with Crippen LogP contribution in [0.5, 0.6) is 5.75 Å². The molecule has 0 saturated heterocycles. The van der Waals surface area contributed by atoms with Crippen molar-refractivity contribution in [1.82, 2.24) is 0 Å². The van der Waals surface area contributed by atoms with Crippen LogP contribution in [-0.4, -0.2) is 11.7 Å². The second-order valence-corrected chi connectivity index (χ2v) is 5.09. The Morgan fingerprint density at radius 1 is 1.44 bits per heavy atom. The molecule has 1 aliphatic rings. The molecular weight excluding hydrogens is 222 g/mol. The highest BCUT2D eigenvalue weighted by Crippen LogP contribution is 2.47. The lowest BCUT2D eigenvalue weighted by Crippen LogP contribution is -2.41. The fraction of sp³-hybridized carbons (Fsp3) is 0.538. The van der Waals surface area contributed by atoms with Gasteiger partial charge in [0, 0.05) is 22.5 Å². The minimum atomic E-state index is -0.0289. The normalized spacial score (nSPS) is 18.2. The van der Waals surface area contributed by atoms with Gasteiger partial charge in [-0.05, 0) is 37.0 Å². The van der Waals surface area contributed by atoms with Gasteiger partial charge in [-0.2, -0.15) is 0 Å². The summed E-state index contributed by atoms with van der Waals surface area (Å²) in [4.78, 5) is 0. The number of aromatic hydroxyl groups is 1. The topological polar surface area (TPSA) is 46.2 Å². The molecule has 2 rings (SSSR count). The first-order valence-electron chi connectivity index (χ1n) is 5.85. The Morgan fingerprint density at radius 3 is 2.56 bits per heavy atom. The summed E-state index contributed by atoms with van der Waals surface area (Å²) < 4.78 is 0. The third-order valence-corrected chi connectivity index (χ3v) is 4.03. The van der Waals surface area contributed by atoms with Crippen molar-refractivity contribution in [3.63, 3.8) is 0 Å². The maximum Gasteiger partial charge on any atom is 0.122 e. The van der Waals surface area contributed by atoms with E-state index in [-0.39, 0.29) is 5.41 Å². The van der Waals surface area contributed by atoms with Gasteiger partial charge in [-0.15, -0.1) is 0 Å². The number of hydrogen-bond acceptors (Lipinski definition) is 2. The molecule has 0 amide bonds. The monoisotopic (exact) mass is 239 g/mol. The highest BCUT2D eigenvalue weighted by Gasteiger charge is 2.39. The molecule has 3 N–H and O–H groups in total. The average Bonchev–Trinajstić information content (AvgIpc) is 2.21. The number of halogens is 1. The molecule has 0 heterocycles. The lowest BCUT2D eigenvalue weighted by molar-refractivity contribution is 0.244. The minimum Gasteiger partial charge on any atom is -0.507 e. The van der Waals surface area contributed by atoms with Crippen molar-refractivity contribution in [2.75, 3.05) is 6.54 Å². The minimum absolute atomic E-state index is 0.0289. The van der Waals surface area contributed by atoms with Crippen LogP contribution in [0.3, 0.4) is 0 Å². The van der Waals surface area contributed by atoms with Gasteiger partial charge in [-0.3, -0.25) is 0 Å². The van der Waals surface area contributed by atoms with Gasteiger partial charge in [-0.25, -0.2) is 0 Å². The smallest absolute Gasteiger partial charge is 0.122 e. The summed E-state index contributed by atoms with van der Waals surface area (Å²) in [5.41, 5.74) is 7.70. The molecule has 0 bridgehead atoms. The summed E-state index contributed by atoms with van der Waals surface area (Å²) in [7, 11) is 0. The van der Waals surface area contributed by atoms with E-state index in [0.29, 0.717) is 17.3 Å². The Kier molecular flexibility index (Phi) is 3.13. The van der Waals surface area contributed by atoms with Crippen LogP contribution in [0.4, 0.5) is 0 Å². The lowest BCUT2D eigenvalue weighted by atomic mass is 9.64. The highest BCUT2D eigenvalue weighted by atomic mass is 35.5. The zero-order valence-electron chi connectivity index (χ0n) is 9.59. The molecule has 0 spiro atoms. The van der Waals surface area contributed by atoms with Crippen LogP contribution in [-0.2, 0) is 11.8 Å². The van der Waals surface area contributed by atoms with Gasteiger partial charge in [0.2, 0.25) is 0 Å². The number of nitrogens with two attached hydrogens (primary N) is 1. The van der Waals surface area contributed by atoms with Gasteiger partial charge < -0.3 is 10.8 Å². The largest absolute Gasteiger partial charge is 0.507 e. The number of phenols is 1. The van der Waals surface area contributed by atoms with E-state index >= 15 is 0 Å². The fourth-order valence-electron chi connectivity index (χ4n) is 2.52. The molecule has 0 aromatic heterocycles. The first kappa shape index (κ1) is 11.7. The van der Waals surface area contributed by atoms with E-state index in [0.717, 1.165) is 30.4 Å². The predicted octanol–water partition coefficient (Wildman–Crippen LogP) is 2.99. The Bertz CT molecular complexity index is 394. The molecule has 1 aliphatic carbocycles. The summed E-state index contributed by atoms with van der Waals surface area (Å²) >= 11 is 6.09. The molecule has 16 heavy (non-hydrogen) atoms. The van der Waals surface area contributed by atoms with E-state index in [1.54, 1.807) is 0 Å². The standard InChI is InChI=1S/C13H18ClNO/c1-2-9-6-10(14)7-11(12(9)16)13(8-15)4-3-5-13/h6-7,16H,2-5,8,15H2,1H3. The van der Waals surface area contributed by atoms with Gasteiger partial charge in [0.05, 0.1) is 0 Å². The summed E-state index contributed by atoms with van der Waals surface area (Å²) in [5.74, 6) is 0.400. The average molecular weight is 240 g/mol. The molecule has 3 heteroatoms. The van der Waals surface area contributed by atoms with Crippen LogP contribution in [0, 0.1) is 0 Å². The summed E-state index contributed by atoms with van der Waals surface area (Å²) in [6.07, 6.45) is 4.09. The number of hydrogen-bond donors (Lipinski definition) is 2. The zero-order chi connectivity index (χ0) is 11.8. The maximum atomic E-state index is 10.2. The highest BCUT2D eigenvalue weighted by molar-refractivity contribution is 6.30. The molecule has 0 aliphatic heterocycles. The molecule has 0 atom stereocenters. The van der Waals surface area contributed by atoms with Crippen molar-refractivity contribution in [1.29, 1.82) is 0 Å². The van der Waals surface area contributed by atoms with Crippen LogP contribution in [0.15, 0.2) is 12.1 Å². The predicted molar refractivity (Wildman–Crippen MR) is 67.1 cm³/mol. The molecule has 1 fully saturated rings. The Hall–Kier alpha value is -0.730. The summed E-state index contributed by atoms with van der Waals surface area (Å²) in [5, 5.41) is 10.9. The second kappa shape index (κ2) is 4.27. The zero-order valence-corrected chi connectivity index (χ0v) is 10.3. The number of benzene rings is 1. The van der Waals surface area contributed by atoms with Crippen molar-refractivity contribution in [2.24, 2.45) is 5.73 Å². The van der Waals surface area contributed by atoms with Crippen LogP contribution < -0.4 is 5.73 Å². The molecule has 1 aromatic carbocycles. The summed E-state index contributed by atoms with van der Waals surface area (Å²) in [6, 6.07) is 3.71. The molecule has 0 radical (unpaired) electrons. The van der Waals surface area contributed by atoms with Crippen LogP contribution in [0.1, 0.15) is 37.3 Å². The first-order valence-corrected chi connectivity index (χ1v) is 6.22. The van der Waals surface area contributed by atoms with Gasteiger partial charge in [-0.1, -0.05) is 24.9 Å². The third-order valence-electron chi connectivity index (χ3n) is 3.81. The van der Waals surface area contributed by atoms with E-state index in [4.69, 9.17) is 17.3 Å². The maximum absolute atomic E-state index is 10.2. The van der Waals surface area contributed by atoms with Crippen molar-refractivity contribution < 1.29 is 5.11 Å². The van der Waals surface area contributed by atoms with Crippen LogP contribution in [0.25, 0.3) is 0 Å². The third kappa shape index (κ3) is 1.70. The Morgan fingerprint density at radius 2 is 2.12 bits per heavy atom. The van der Waals surface area contributed by atoms with E-state index in [1.807, 2.05) is 19.1 Å². The summed E-state index contributed by atoms with van der Waals surface area (Å²) in [6.45, 7) is 2.61. The first-order chi connectivity index (χ1) is 7.63. The Balaban J connectivity index is 2.51. The number of rotatable bonds is 3. The van der Waals surface area contributed by atoms with E-state index in [1.165, 1.54) is 6.42 Å². The Labute approximate surface area is 101 Å². The van der Waals surface area contributed by atoms with Crippen molar-refractivity contribution in [3.8, 4) is 5.75 Å². The van der Waals surface area contributed by atoms with Crippen LogP contribution >= 0.6 is 11.6 Å². The van der Waals surface area contributed by atoms with Gasteiger partial charge in [0.15, 0.2) is 0 Å². The van der Waals surface area contributed by atoms with Crippen molar-refractivity contribution in [3.05, 3.63) is 28.3 Å². The van der Waals surface area contributed by atoms with Crippen molar-refractivity contribution in [2.45, 2.75) is 38.0 Å². The fourth-order valence-corrected chi connectivity index (χ4v) is 2.76. The molecular formula is C13H18ClNO. The quantitative estimate of drug-likeness (QED) is 0.852. The van der Waals surface area contributed by atoms with Crippen molar-refractivity contribution >= 4 is 11.6 Å². The second-order valence-electron chi connectivity index (χ2n) is 4.65. The SMILES string of the molecule is CCc1cc(Cl)cc(C2(CN)CCC2)c1O. The van der Waals surface area contributed by atoms with E-state index in [2.05, 4.69) is 0 Å². The van der Waals surface area contributed by atoms with Gasteiger partial charge in [0.1, 0.15) is 5.75 Å². The van der Waals surface area contributed by atoms with Gasteiger partial charge in [0.25, 0.3) is 0 Å². The van der Waals surface area contributed by atoms with Crippen LogP contribution in [0.2, 0.25) is 5.02 Å². The lowest BCUT2D eigenvalue weighted by Gasteiger charge is -2.42. The van der Waals surface area contributed by atoms with E-state index < -0.39 is 0 Å². The number of aryl methyl sites for hydroxylation is 1. The molecule has 1 saturated carbocycles. The molecule has 0 unspecified atom stereocenters. The number of phenolic OH excluding ortho intramolecular Hbond substituents is 1.